The Labute approximate surface area is 107 Å². The van der Waals surface area contributed by atoms with Gasteiger partial charge >= 0.3 is 6.03 Å². The summed E-state index contributed by atoms with van der Waals surface area (Å²) in [7, 11) is -2.00. The number of anilines is 1. The van der Waals surface area contributed by atoms with E-state index in [1.54, 1.807) is 6.07 Å². The van der Waals surface area contributed by atoms with Gasteiger partial charge in [0.25, 0.3) is 0 Å². The number of carbonyl (C=O) groups excluding carboxylic acids is 1. The lowest BCUT2D eigenvalue weighted by molar-refractivity contribution is 0.255. The second-order valence-corrected chi connectivity index (χ2v) is 5.84. The number of carbonyl (C=O) groups is 1. The van der Waals surface area contributed by atoms with E-state index in [2.05, 4.69) is 4.98 Å². The third-order valence-corrected chi connectivity index (χ3v) is 3.27. The van der Waals surface area contributed by atoms with E-state index in [1.165, 1.54) is 13.1 Å². The van der Waals surface area contributed by atoms with Crippen LogP contribution in [0, 0.1) is 6.42 Å². The van der Waals surface area contributed by atoms with Crippen molar-refractivity contribution in [2.75, 3.05) is 18.2 Å². The number of hydrogen-bond donors (Lipinski definition) is 1. The summed E-state index contributed by atoms with van der Waals surface area (Å²) in [5.74, 6) is 0.213. The highest BCUT2D eigenvalue weighted by Crippen LogP contribution is 2.19. The second-order valence-electron chi connectivity index (χ2n) is 3.88. The predicted octanol–water partition coefficient (Wildman–Crippen LogP) is 0.962. The van der Waals surface area contributed by atoms with E-state index in [-0.39, 0.29) is 10.8 Å². The lowest BCUT2D eigenvalue weighted by Crippen LogP contribution is -2.32. The molecule has 1 radical (unpaired) electrons. The van der Waals surface area contributed by atoms with Crippen molar-refractivity contribution in [2.45, 2.75) is 18.4 Å². The molecule has 1 aromatic heterocycles. The van der Waals surface area contributed by atoms with Crippen LogP contribution in [0.25, 0.3) is 0 Å². The Balaban J connectivity index is 3.35. The Hall–Kier alpha value is -1.63. The zero-order chi connectivity index (χ0) is 13.9. The van der Waals surface area contributed by atoms with Gasteiger partial charge in [0.2, 0.25) is 0 Å². The smallest absolute Gasteiger partial charge is 0.320 e. The number of sulfone groups is 1. The lowest BCUT2D eigenvalue weighted by Gasteiger charge is -2.15. The number of nitrogens with zero attached hydrogens (tertiary/aromatic N) is 2. The number of urea groups is 1. The Morgan fingerprint density at radius 3 is 2.56 bits per heavy atom. The summed E-state index contributed by atoms with van der Waals surface area (Å²) in [6.45, 7) is 1.93. The van der Waals surface area contributed by atoms with Crippen molar-refractivity contribution >= 4 is 21.7 Å². The van der Waals surface area contributed by atoms with Crippen LogP contribution < -0.4 is 10.6 Å². The molecular formula is C11H16N3O3S. The maximum Gasteiger partial charge on any atom is 0.320 e. The average molecular weight is 270 g/mol. The van der Waals surface area contributed by atoms with Gasteiger partial charge in [0.15, 0.2) is 14.9 Å². The Bertz CT molecular complexity index is 555. The molecule has 1 rings (SSSR count). The van der Waals surface area contributed by atoms with Crippen molar-refractivity contribution in [3.63, 3.8) is 0 Å². The van der Waals surface area contributed by atoms with Gasteiger partial charge in [-0.05, 0) is 30.5 Å². The van der Waals surface area contributed by atoms with Gasteiger partial charge in [0.05, 0.1) is 0 Å². The molecule has 6 nitrogen and oxygen atoms in total. The van der Waals surface area contributed by atoms with E-state index >= 15 is 0 Å². The van der Waals surface area contributed by atoms with Crippen LogP contribution >= 0.6 is 0 Å². The fraction of sp³-hybridized carbons (Fsp3) is 0.364. The largest absolute Gasteiger partial charge is 0.351 e. The summed E-state index contributed by atoms with van der Waals surface area (Å²) in [4.78, 5) is 16.1. The molecule has 99 valence electrons. The van der Waals surface area contributed by atoms with Crippen molar-refractivity contribution in [1.82, 2.24) is 4.98 Å². The fourth-order valence-corrected chi connectivity index (χ4v) is 1.95. The summed E-state index contributed by atoms with van der Waals surface area (Å²) in [5.41, 5.74) is 5.83. The standard InChI is InChI=1S/C11H16N3O3S/c1-4-5-8-6-9(14(2)11(12)15)13-10(7-8)18(3,16)17/h5-7H,4H2,1-3H3,(H2,12,15). The summed E-state index contributed by atoms with van der Waals surface area (Å²) >= 11 is 0. The van der Waals surface area contributed by atoms with Crippen molar-refractivity contribution in [1.29, 1.82) is 0 Å². The van der Waals surface area contributed by atoms with Crippen LogP contribution in [0.2, 0.25) is 0 Å². The van der Waals surface area contributed by atoms with Gasteiger partial charge in [-0.3, -0.25) is 4.90 Å². The molecule has 0 aromatic carbocycles. The molecule has 0 unspecified atom stereocenters. The Morgan fingerprint density at radius 1 is 1.50 bits per heavy atom. The molecule has 0 aliphatic rings. The molecule has 18 heavy (non-hydrogen) atoms. The third kappa shape index (κ3) is 3.43. The van der Waals surface area contributed by atoms with Gasteiger partial charge in [-0.15, -0.1) is 0 Å². The van der Waals surface area contributed by atoms with Gasteiger partial charge in [-0.25, -0.2) is 18.2 Å². The molecule has 0 fully saturated rings. The fourth-order valence-electron chi connectivity index (χ4n) is 1.34. The van der Waals surface area contributed by atoms with E-state index < -0.39 is 15.9 Å². The zero-order valence-electron chi connectivity index (χ0n) is 10.5. The molecule has 0 aliphatic heterocycles. The minimum Gasteiger partial charge on any atom is -0.351 e. The first-order valence-corrected chi connectivity index (χ1v) is 7.23. The van der Waals surface area contributed by atoms with Gasteiger partial charge in [-0.1, -0.05) is 6.92 Å². The lowest BCUT2D eigenvalue weighted by atomic mass is 10.1. The topological polar surface area (TPSA) is 93.4 Å². The molecule has 0 saturated carbocycles. The number of aromatic nitrogens is 1. The van der Waals surface area contributed by atoms with Crippen molar-refractivity contribution in [3.05, 3.63) is 24.1 Å². The normalized spacial score (nSPS) is 11.3. The molecule has 0 saturated heterocycles. The Morgan fingerprint density at radius 2 is 2.11 bits per heavy atom. The predicted molar refractivity (Wildman–Crippen MR) is 69.0 cm³/mol. The number of primary amides is 1. The van der Waals surface area contributed by atoms with E-state index in [9.17, 15) is 13.2 Å². The zero-order valence-corrected chi connectivity index (χ0v) is 11.4. The van der Waals surface area contributed by atoms with Crippen molar-refractivity contribution < 1.29 is 13.2 Å². The summed E-state index contributed by atoms with van der Waals surface area (Å²) in [5, 5.41) is -0.0761. The molecule has 1 heterocycles. The molecule has 2 amide bonds. The SMILES string of the molecule is CC[CH]c1cc(N(C)C(N)=O)nc(S(C)(=O)=O)c1. The molecule has 0 bridgehead atoms. The van der Waals surface area contributed by atoms with Gasteiger partial charge in [0, 0.05) is 13.3 Å². The average Bonchev–Trinajstić information content (AvgIpc) is 2.26. The molecular weight excluding hydrogens is 254 g/mol. The minimum atomic E-state index is -3.44. The van der Waals surface area contributed by atoms with Crippen molar-refractivity contribution in [3.8, 4) is 0 Å². The monoisotopic (exact) mass is 270 g/mol. The summed E-state index contributed by atoms with van der Waals surface area (Å²) in [6, 6.07) is 2.38. The second kappa shape index (κ2) is 5.34. The number of pyridine rings is 1. The highest BCUT2D eigenvalue weighted by Gasteiger charge is 2.15. The Kier molecular flexibility index (Phi) is 4.28. The molecule has 1 aromatic rings. The summed E-state index contributed by atoms with van der Waals surface area (Å²) in [6.07, 6.45) is 3.65. The molecule has 0 spiro atoms. The van der Waals surface area contributed by atoms with E-state index in [1.807, 2.05) is 13.3 Å². The van der Waals surface area contributed by atoms with E-state index in [0.717, 1.165) is 17.6 Å². The first-order valence-electron chi connectivity index (χ1n) is 5.34. The quantitative estimate of drug-likeness (QED) is 0.881. The van der Waals surface area contributed by atoms with Crippen LogP contribution in [-0.4, -0.2) is 32.7 Å². The van der Waals surface area contributed by atoms with Crippen molar-refractivity contribution in [2.24, 2.45) is 5.73 Å². The van der Waals surface area contributed by atoms with Gasteiger partial charge < -0.3 is 5.73 Å². The van der Waals surface area contributed by atoms with Crippen LogP contribution in [0.3, 0.4) is 0 Å². The van der Waals surface area contributed by atoms with Crippen LogP contribution in [-0.2, 0) is 9.84 Å². The highest BCUT2D eigenvalue weighted by atomic mass is 32.2. The van der Waals surface area contributed by atoms with Crippen LogP contribution in [0.4, 0.5) is 10.6 Å². The van der Waals surface area contributed by atoms with Crippen LogP contribution in [0.5, 0.6) is 0 Å². The number of hydrogen-bond acceptors (Lipinski definition) is 4. The third-order valence-electron chi connectivity index (χ3n) is 2.30. The molecule has 2 N–H and O–H groups in total. The molecule has 0 atom stereocenters. The minimum absolute atomic E-state index is 0.0761. The molecule has 7 heteroatoms. The summed E-state index contributed by atoms with van der Waals surface area (Å²) < 4.78 is 23.0. The maximum atomic E-state index is 11.5. The van der Waals surface area contributed by atoms with Crippen LogP contribution in [0.1, 0.15) is 18.9 Å². The van der Waals surface area contributed by atoms with Gasteiger partial charge in [0.1, 0.15) is 5.82 Å². The number of rotatable bonds is 4. The maximum absolute atomic E-state index is 11.5. The van der Waals surface area contributed by atoms with Gasteiger partial charge in [-0.2, -0.15) is 0 Å². The molecule has 0 aliphatic carbocycles. The number of amides is 2. The first-order chi connectivity index (χ1) is 8.25. The van der Waals surface area contributed by atoms with E-state index in [0.29, 0.717) is 5.56 Å². The number of nitrogens with two attached hydrogens (primary N) is 1. The van der Waals surface area contributed by atoms with Crippen LogP contribution in [0.15, 0.2) is 17.2 Å². The van der Waals surface area contributed by atoms with E-state index in [4.69, 9.17) is 5.73 Å². The highest BCUT2D eigenvalue weighted by molar-refractivity contribution is 7.90. The first kappa shape index (κ1) is 14.4.